The molecule has 5 nitrogen and oxygen atoms in total. The Bertz CT molecular complexity index is 650. The molecule has 0 saturated heterocycles. The predicted molar refractivity (Wildman–Crippen MR) is 97.6 cm³/mol. The molecule has 2 aromatic carbocycles. The summed E-state index contributed by atoms with van der Waals surface area (Å²) in [7, 11) is 5.69. The summed E-state index contributed by atoms with van der Waals surface area (Å²) in [4.78, 5) is 6.45. The van der Waals surface area contributed by atoms with Crippen LogP contribution in [0.2, 0.25) is 0 Å². The summed E-state index contributed by atoms with van der Waals surface area (Å²) in [5.41, 5.74) is 9.18. The van der Waals surface area contributed by atoms with Gasteiger partial charge in [-0.05, 0) is 36.2 Å². The molecule has 0 saturated carbocycles. The van der Waals surface area contributed by atoms with E-state index in [2.05, 4.69) is 39.5 Å². The predicted octanol–water partition coefficient (Wildman–Crippen LogP) is 2.73. The second-order valence-corrected chi connectivity index (χ2v) is 5.40. The van der Waals surface area contributed by atoms with E-state index < -0.39 is 0 Å². The third-order valence-electron chi connectivity index (χ3n) is 3.51. The fourth-order valence-electron chi connectivity index (χ4n) is 2.19. The van der Waals surface area contributed by atoms with E-state index in [0.29, 0.717) is 12.5 Å². The normalized spacial score (nSPS) is 11.2. The maximum Gasteiger partial charge on any atom is 0.193 e. The molecule has 3 N–H and O–H groups in total. The van der Waals surface area contributed by atoms with Crippen molar-refractivity contribution < 1.29 is 4.74 Å². The molecule has 0 amide bonds. The minimum atomic E-state index is 0.388. The van der Waals surface area contributed by atoms with E-state index in [1.54, 1.807) is 7.11 Å². The number of hydrogen-bond donors (Lipinski definition) is 2. The fourth-order valence-corrected chi connectivity index (χ4v) is 2.19. The number of anilines is 2. The van der Waals surface area contributed by atoms with Gasteiger partial charge in [-0.25, -0.2) is 0 Å². The Morgan fingerprint density at radius 1 is 1.13 bits per heavy atom. The Balaban J connectivity index is 1.89. The molecule has 5 heteroatoms. The highest BCUT2D eigenvalue weighted by atomic mass is 16.5. The second kappa shape index (κ2) is 8.08. The molecular weight excluding hydrogens is 288 g/mol. The highest BCUT2D eigenvalue weighted by Crippen LogP contribution is 2.22. The van der Waals surface area contributed by atoms with Crippen LogP contribution in [0.1, 0.15) is 5.56 Å². The van der Waals surface area contributed by atoms with E-state index in [1.165, 1.54) is 11.3 Å². The number of hydrogen-bond acceptors (Lipinski definition) is 3. The zero-order chi connectivity index (χ0) is 16.7. The summed E-state index contributed by atoms with van der Waals surface area (Å²) in [6.45, 7) is 0.634. The van der Waals surface area contributed by atoms with Crippen molar-refractivity contribution in [2.75, 3.05) is 38.0 Å². The maximum atomic E-state index is 5.93. The number of aliphatic imine (C=N–C) groups is 1. The smallest absolute Gasteiger partial charge is 0.193 e. The van der Waals surface area contributed by atoms with Gasteiger partial charge in [-0.3, -0.25) is 4.99 Å². The van der Waals surface area contributed by atoms with Gasteiger partial charge in [-0.2, -0.15) is 0 Å². The van der Waals surface area contributed by atoms with Crippen LogP contribution in [0.5, 0.6) is 5.75 Å². The van der Waals surface area contributed by atoms with Crippen LogP contribution in [0.15, 0.2) is 53.5 Å². The monoisotopic (exact) mass is 312 g/mol. The molecule has 122 valence electrons. The number of methoxy groups -OCH3 is 1. The van der Waals surface area contributed by atoms with Gasteiger partial charge in [0.25, 0.3) is 0 Å². The molecule has 0 spiro atoms. The van der Waals surface area contributed by atoms with Gasteiger partial charge in [-0.15, -0.1) is 0 Å². The van der Waals surface area contributed by atoms with Crippen LogP contribution < -0.4 is 20.7 Å². The number of nitrogens with one attached hydrogen (secondary N) is 1. The van der Waals surface area contributed by atoms with Gasteiger partial charge in [0.05, 0.1) is 12.8 Å². The first-order valence-corrected chi connectivity index (χ1v) is 7.56. The molecule has 23 heavy (non-hydrogen) atoms. The van der Waals surface area contributed by atoms with Crippen molar-refractivity contribution >= 4 is 17.3 Å². The minimum Gasteiger partial charge on any atom is -0.495 e. The lowest BCUT2D eigenvalue weighted by atomic mass is 10.1. The van der Waals surface area contributed by atoms with Gasteiger partial charge in [-0.1, -0.05) is 24.3 Å². The highest BCUT2D eigenvalue weighted by Gasteiger charge is 2.02. The molecule has 0 radical (unpaired) electrons. The van der Waals surface area contributed by atoms with Crippen LogP contribution in [0, 0.1) is 0 Å². The van der Waals surface area contributed by atoms with Crippen LogP contribution in [0.25, 0.3) is 0 Å². The van der Waals surface area contributed by atoms with Gasteiger partial charge >= 0.3 is 0 Å². The number of nitrogens with two attached hydrogens (primary N) is 1. The van der Waals surface area contributed by atoms with E-state index in [0.717, 1.165) is 17.9 Å². The van der Waals surface area contributed by atoms with E-state index in [1.807, 2.05) is 38.4 Å². The molecule has 0 aliphatic heterocycles. The Kier molecular flexibility index (Phi) is 5.86. The van der Waals surface area contributed by atoms with Gasteiger partial charge in [0.2, 0.25) is 0 Å². The summed E-state index contributed by atoms with van der Waals surface area (Å²) >= 11 is 0. The zero-order valence-electron chi connectivity index (χ0n) is 13.9. The molecule has 0 heterocycles. The van der Waals surface area contributed by atoms with Crippen molar-refractivity contribution in [1.82, 2.24) is 0 Å². The van der Waals surface area contributed by atoms with E-state index in [-0.39, 0.29) is 0 Å². The molecule has 2 rings (SSSR count). The lowest BCUT2D eigenvalue weighted by Gasteiger charge is -2.12. The Hall–Kier alpha value is -2.69. The summed E-state index contributed by atoms with van der Waals surface area (Å²) in [6, 6.07) is 16.1. The number of benzene rings is 2. The molecular formula is C18H24N4O. The Labute approximate surface area is 137 Å². The third kappa shape index (κ3) is 4.92. The van der Waals surface area contributed by atoms with Gasteiger partial charge in [0, 0.05) is 26.3 Å². The van der Waals surface area contributed by atoms with Crippen molar-refractivity contribution in [2.45, 2.75) is 6.42 Å². The van der Waals surface area contributed by atoms with Crippen molar-refractivity contribution in [2.24, 2.45) is 10.7 Å². The molecule has 0 fully saturated rings. The topological polar surface area (TPSA) is 62.9 Å². The first kappa shape index (κ1) is 16.7. The van der Waals surface area contributed by atoms with Crippen molar-refractivity contribution in [3.8, 4) is 5.75 Å². The lowest BCUT2D eigenvalue weighted by Crippen LogP contribution is -2.23. The van der Waals surface area contributed by atoms with Gasteiger partial charge in [0.1, 0.15) is 5.75 Å². The number of guanidine groups is 1. The van der Waals surface area contributed by atoms with Gasteiger partial charge in [0.15, 0.2) is 5.96 Å². The fraction of sp³-hybridized carbons (Fsp3) is 0.278. The van der Waals surface area contributed by atoms with Crippen LogP contribution in [-0.2, 0) is 6.42 Å². The number of nitrogens with zero attached hydrogens (tertiary/aromatic N) is 2. The zero-order valence-corrected chi connectivity index (χ0v) is 13.9. The van der Waals surface area contributed by atoms with E-state index >= 15 is 0 Å². The van der Waals surface area contributed by atoms with E-state index in [9.17, 15) is 0 Å². The minimum absolute atomic E-state index is 0.388. The molecule has 2 aromatic rings. The molecule has 0 unspecified atom stereocenters. The average Bonchev–Trinajstić information content (AvgIpc) is 2.56. The van der Waals surface area contributed by atoms with Crippen molar-refractivity contribution in [1.29, 1.82) is 0 Å². The highest BCUT2D eigenvalue weighted by molar-refractivity contribution is 5.93. The average molecular weight is 312 g/mol. The second-order valence-electron chi connectivity index (χ2n) is 5.40. The summed E-state index contributed by atoms with van der Waals surface area (Å²) in [6.07, 6.45) is 0.849. The van der Waals surface area contributed by atoms with Crippen LogP contribution >= 0.6 is 0 Å². The maximum absolute atomic E-state index is 5.93. The first-order chi connectivity index (χ1) is 11.1. The summed E-state index contributed by atoms with van der Waals surface area (Å²) in [5.74, 6) is 1.13. The summed E-state index contributed by atoms with van der Waals surface area (Å²) in [5, 5.41) is 3.07. The number of para-hydroxylation sites is 2. The number of ether oxygens (including phenoxy) is 1. The standard InChI is InChI=1S/C18H24N4O/c1-22(2)15-10-8-14(9-11-15)12-13-20-18(19)21-16-6-4-5-7-17(16)23-3/h4-11H,12-13H2,1-3H3,(H3,19,20,21). The molecule has 0 bridgehead atoms. The lowest BCUT2D eigenvalue weighted by molar-refractivity contribution is 0.417. The molecule has 0 aliphatic carbocycles. The van der Waals surface area contributed by atoms with Crippen molar-refractivity contribution in [3.05, 3.63) is 54.1 Å². The quantitative estimate of drug-likeness (QED) is 0.636. The third-order valence-corrected chi connectivity index (χ3v) is 3.51. The summed E-state index contributed by atoms with van der Waals surface area (Å²) < 4.78 is 5.27. The Morgan fingerprint density at radius 3 is 2.48 bits per heavy atom. The molecule has 0 aromatic heterocycles. The molecule has 0 atom stereocenters. The molecule has 0 aliphatic rings. The first-order valence-electron chi connectivity index (χ1n) is 7.56. The van der Waals surface area contributed by atoms with Crippen molar-refractivity contribution in [3.63, 3.8) is 0 Å². The number of rotatable bonds is 6. The van der Waals surface area contributed by atoms with Crippen LogP contribution in [-0.4, -0.2) is 33.7 Å². The largest absolute Gasteiger partial charge is 0.495 e. The Morgan fingerprint density at radius 2 is 1.83 bits per heavy atom. The van der Waals surface area contributed by atoms with E-state index in [4.69, 9.17) is 10.5 Å². The van der Waals surface area contributed by atoms with Crippen LogP contribution in [0.3, 0.4) is 0 Å². The SMILES string of the molecule is COc1ccccc1NC(N)=NCCc1ccc(N(C)C)cc1. The van der Waals surface area contributed by atoms with Gasteiger partial charge < -0.3 is 20.7 Å². The van der Waals surface area contributed by atoms with Crippen LogP contribution in [0.4, 0.5) is 11.4 Å².